The molecule has 2 aliphatic heterocycles. The lowest BCUT2D eigenvalue weighted by Crippen LogP contribution is -2.41. The number of hydrogen-bond donors (Lipinski definition) is 4. The molecule has 0 spiro atoms. The first-order chi connectivity index (χ1) is 25.9. The first-order valence-corrected chi connectivity index (χ1v) is 18.2. The predicted octanol–water partition coefficient (Wildman–Crippen LogP) is 6.15. The number of rotatable bonds is 15. The summed E-state index contributed by atoms with van der Waals surface area (Å²) in [4.78, 5) is 26.1. The van der Waals surface area contributed by atoms with E-state index in [1.54, 1.807) is 19.7 Å². The molecule has 2 aliphatic rings. The number of unbranched alkanes of at least 4 members (excludes halogenated alkanes) is 1. The summed E-state index contributed by atoms with van der Waals surface area (Å²) in [5.41, 5.74) is 9.95. The Morgan fingerprint density at radius 2 is 1.53 bits per heavy atom. The van der Waals surface area contributed by atoms with Crippen LogP contribution in [-0.2, 0) is 45.2 Å². The molecule has 3 unspecified atom stereocenters. The molecule has 0 aliphatic carbocycles. The second-order valence-corrected chi connectivity index (χ2v) is 13.6. The minimum atomic E-state index is -0.579. The third kappa shape index (κ3) is 9.81. The highest BCUT2D eigenvalue weighted by atomic mass is 16.7. The van der Waals surface area contributed by atoms with Gasteiger partial charge in [0.1, 0.15) is 0 Å². The van der Waals surface area contributed by atoms with Crippen molar-refractivity contribution in [3.63, 3.8) is 0 Å². The average molecular weight is 724 g/mol. The summed E-state index contributed by atoms with van der Waals surface area (Å²) in [6, 6.07) is 28.3. The van der Waals surface area contributed by atoms with E-state index in [9.17, 15) is 14.7 Å². The second-order valence-electron chi connectivity index (χ2n) is 13.6. The van der Waals surface area contributed by atoms with Crippen LogP contribution < -0.4 is 20.3 Å². The fourth-order valence-corrected chi connectivity index (χ4v) is 7.10. The van der Waals surface area contributed by atoms with Gasteiger partial charge in [-0.25, -0.2) is 5.48 Å². The van der Waals surface area contributed by atoms with Gasteiger partial charge >= 0.3 is 0 Å². The highest BCUT2D eigenvalue weighted by Crippen LogP contribution is 2.40. The number of nitrogens with one attached hydrogen (secondary N) is 2. The van der Waals surface area contributed by atoms with Gasteiger partial charge < -0.3 is 29.4 Å². The molecule has 53 heavy (non-hydrogen) atoms. The maximum atomic E-state index is 12.5. The first-order valence-electron chi connectivity index (χ1n) is 18.2. The Hall–Kier alpha value is -4.78. The van der Waals surface area contributed by atoms with Crippen LogP contribution in [0.15, 0.2) is 84.9 Å². The lowest BCUT2D eigenvalue weighted by molar-refractivity contribution is -0.253. The smallest absolute Gasteiger partial charge is 0.243 e. The fraction of sp³-hybridized carbons (Fsp3) is 0.381. The van der Waals surface area contributed by atoms with E-state index < -0.39 is 12.2 Å². The zero-order chi connectivity index (χ0) is 37.2. The number of hydrogen-bond acceptors (Lipinski definition) is 9. The van der Waals surface area contributed by atoms with E-state index in [4.69, 9.17) is 24.2 Å². The highest BCUT2D eigenvalue weighted by molar-refractivity contribution is 5.77. The third-order valence-corrected chi connectivity index (χ3v) is 10.0. The van der Waals surface area contributed by atoms with Crippen molar-refractivity contribution in [1.82, 2.24) is 15.7 Å². The summed E-state index contributed by atoms with van der Waals surface area (Å²) in [6.07, 6.45) is 2.30. The molecular formula is C42H49N3O8. The maximum Gasteiger partial charge on any atom is 0.243 e. The fourth-order valence-electron chi connectivity index (χ4n) is 7.10. The standard InChI is InChI=1S/C42H49N3O8/c1-50-38-21-32-19-20-45(25-34(32)22-39(38)51-2)26-35-23-37(30-13-11-28(27-46)12-14-30)53-42(52-35)31-17-15-29(16-18-31)36-8-4-3-7-33(36)24-43-40(47)9-5-6-10-41(48)44-49/h3-4,7-8,11-18,21-22,35,37,42,46,49H,5-6,9-10,19-20,23-27H2,1-2H3,(H,43,47)(H,44,48). The predicted molar refractivity (Wildman–Crippen MR) is 199 cm³/mol. The molecule has 2 heterocycles. The quantitative estimate of drug-likeness (QED) is 0.0647. The van der Waals surface area contributed by atoms with Crippen LogP contribution in [0.1, 0.15) is 77.9 Å². The number of hydroxylamine groups is 1. The first kappa shape index (κ1) is 38.0. The van der Waals surface area contributed by atoms with E-state index in [0.717, 1.165) is 70.9 Å². The summed E-state index contributed by atoms with van der Waals surface area (Å²) in [5, 5.41) is 21.2. The summed E-state index contributed by atoms with van der Waals surface area (Å²) in [6.45, 7) is 2.80. The minimum absolute atomic E-state index is 0.0114. The molecule has 1 fully saturated rings. The number of nitrogens with zero attached hydrogens (tertiary/aromatic N) is 1. The van der Waals surface area contributed by atoms with Crippen LogP contribution in [0.25, 0.3) is 11.1 Å². The van der Waals surface area contributed by atoms with Gasteiger partial charge in [0, 0.05) is 51.0 Å². The van der Waals surface area contributed by atoms with E-state index in [2.05, 4.69) is 34.5 Å². The van der Waals surface area contributed by atoms with Crippen LogP contribution in [0.3, 0.4) is 0 Å². The molecule has 2 amide bonds. The van der Waals surface area contributed by atoms with E-state index in [0.29, 0.717) is 32.2 Å². The number of ether oxygens (including phenoxy) is 4. The van der Waals surface area contributed by atoms with Gasteiger partial charge in [0.05, 0.1) is 33.0 Å². The summed E-state index contributed by atoms with van der Waals surface area (Å²) in [7, 11) is 3.33. The zero-order valence-corrected chi connectivity index (χ0v) is 30.4. The molecule has 4 aromatic carbocycles. The van der Waals surface area contributed by atoms with Crippen molar-refractivity contribution in [2.24, 2.45) is 0 Å². The summed E-state index contributed by atoms with van der Waals surface area (Å²) >= 11 is 0. The molecule has 3 atom stereocenters. The lowest BCUT2D eigenvalue weighted by atomic mass is 9.96. The van der Waals surface area contributed by atoms with Crippen LogP contribution in [-0.4, -0.2) is 60.4 Å². The molecular weight excluding hydrogens is 674 g/mol. The van der Waals surface area contributed by atoms with Crippen molar-refractivity contribution in [3.8, 4) is 22.6 Å². The van der Waals surface area contributed by atoms with E-state index >= 15 is 0 Å². The van der Waals surface area contributed by atoms with Gasteiger partial charge in [0.2, 0.25) is 11.8 Å². The van der Waals surface area contributed by atoms with Crippen molar-refractivity contribution >= 4 is 11.8 Å². The topological polar surface area (TPSA) is 139 Å². The minimum Gasteiger partial charge on any atom is -0.493 e. The molecule has 0 saturated carbocycles. The Bertz CT molecular complexity index is 1830. The van der Waals surface area contributed by atoms with E-state index in [1.165, 1.54) is 11.1 Å². The van der Waals surface area contributed by atoms with Gasteiger partial charge in [-0.3, -0.25) is 19.7 Å². The Morgan fingerprint density at radius 3 is 2.23 bits per heavy atom. The number of carbonyl (C=O) groups excluding carboxylic acids is 2. The van der Waals surface area contributed by atoms with Crippen LogP contribution in [0.5, 0.6) is 11.5 Å². The van der Waals surface area contributed by atoms with Crippen molar-refractivity contribution in [2.45, 2.75) is 76.7 Å². The molecule has 0 bridgehead atoms. The van der Waals surface area contributed by atoms with Gasteiger partial charge in [-0.1, -0.05) is 72.8 Å². The number of methoxy groups -OCH3 is 2. The van der Waals surface area contributed by atoms with Crippen LogP contribution in [0, 0.1) is 0 Å². The average Bonchev–Trinajstić information content (AvgIpc) is 3.21. The normalized spacial score (nSPS) is 18.5. The zero-order valence-electron chi connectivity index (χ0n) is 30.4. The van der Waals surface area contributed by atoms with Gasteiger partial charge in [-0.2, -0.15) is 0 Å². The number of fused-ring (bicyclic) bond motifs is 1. The van der Waals surface area contributed by atoms with Gasteiger partial charge in [0.25, 0.3) is 0 Å². The van der Waals surface area contributed by atoms with Crippen LogP contribution >= 0.6 is 0 Å². The van der Waals surface area contributed by atoms with Crippen molar-refractivity contribution in [1.29, 1.82) is 0 Å². The molecule has 0 radical (unpaired) electrons. The molecule has 11 nitrogen and oxygen atoms in total. The van der Waals surface area contributed by atoms with Gasteiger partial charge in [0.15, 0.2) is 17.8 Å². The highest BCUT2D eigenvalue weighted by Gasteiger charge is 2.34. The molecule has 4 N–H and O–H groups in total. The number of amides is 2. The van der Waals surface area contributed by atoms with Crippen molar-refractivity contribution in [3.05, 3.63) is 118 Å². The Morgan fingerprint density at radius 1 is 0.849 bits per heavy atom. The Kier molecular flexibility index (Phi) is 13.1. The molecule has 4 aromatic rings. The van der Waals surface area contributed by atoms with Crippen molar-refractivity contribution in [2.75, 3.05) is 27.3 Å². The Balaban J connectivity index is 1.14. The van der Waals surface area contributed by atoms with E-state index in [1.807, 2.05) is 60.7 Å². The van der Waals surface area contributed by atoms with Crippen LogP contribution in [0.2, 0.25) is 0 Å². The molecule has 0 aromatic heterocycles. The molecule has 6 rings (SSSR count). The number of aliphatic hydroxyl groups excluding tert-OH is 1. The number of carbonyl (C=O) groups is 2. The van der Waals surface area contributed by atoms with E-state index in [-0.39, 0.29) is 31.1 Å². The number of aliphatic hydroxyl groups is 1. The van der Waals surface area contributed by atoms with Crippen LogP contribution in [0.4, 0.5) is 0 Å². The molecule has 280 valence electrons. The number of benzene rings is 4. The second kappa shape index (κ2) is 18.3. The largest absolute Gasteiger partial charge is 0.493 e. The molecule has 1 saturated heterocycles. The SMILES string of the molecule is COc1cc2c(cc1OC)CN(CC1CC(c3ccc(CO)cc3)OC(c3ccc(-c4ccccc4CNC(=O)CCCCC(=O)NO)cc3)O1)CC2. The summed E-state index contributed by atoms with van der Waals surface area (Å²) < 4.78 is 24.5. The Labute approximate surface area is 310 Å². The molecule has 11 heteroatoms. The summed E-state index contributed by atoms with van der Waals surface area (Å²) in [5.74, 6) is 0.946. The van der Waals surface area contributed by atoms with Crippen molar-refractivity contribution < 1.29 is 38.9 Å². The lowest BCUT2D eigenvalue weighted by Gasteiger charge is -2.39. The monoisotopic (exact) mass is 723 g/mol. The third-order valence-electron chi connectivity index (χ3n) is 10.0. The maximum absolute atomic E-state index is 12.5. The van der Waals surface area contributed by atoms with Gasteiger partial charge in [-0.05, 0) is 70.3 Å². The van der Waals surface area contributed by atoms with Gasteiger partial charge in [-0.15, -0.1) is 0 Å².